The molecule has 3 rings (SSSR count). The summed E-state index contributed by atoms with van der Waals surface area (Å²) < 4.78 is 6.84. The summed E-state index contributed by atoms with van der Waals surface area (Å²) >= 11 is 0. The van der Waals surface area contributed by atoms with Crippen molar-refractivity contribution in [3.8, 4) is 11.4 Å². The number of carbonyl (C=O) groups is 1. The molecule has 1 saturated heterocycles. The molecular formula is C18H24N4O2. The zero-order chi connectivity index (χ0) is 16.8. The van der Waals surface area contributed by atoms with Crippen molar-refractivity contribution >= 4 is 5.91 Å². The molecule has 0 saturated carbocycles. The second-order valence-electron chi connectivity index (χ2n) is 6.00. The third kappa shape index (κ3) is 4.14. The Morgan fingerprint density at radius 3 is 2.62 bits per heavy atom. The SMILES string of the molecule is COc1ccc(-n2ccc(C(=O)NCCN3CCCCC3)n2)cc1. The molecule has 2 heterocycles. The van der Waals surface area contributed by atoms with Gasteiger partial charge in [0.1, 0.15) is 5.75 Å². The van der Waals surface area contributed by atoms with Gasteiger partial charge in [-0.05, 0) is 56.3 Å². The van der Waals surface area contributed by atoms with Crippen LogP contribution >= 0.6 is 0 Å². The minimum absolute atomic E-state index is 0.126. The van der Waals surface area contributed by atoms with Gasteiger partial charge in [0.25, 0.3) is 5.91 Å². The van der Waals surface area contributed by atoms with E-state index < -0.39 is 0 Å². The van der Waals surface area contributed by atoms with E-state index >= 15 is 0 Å². The molecule has 0 spiro atoms. The topological polar surface area (TPSA) is 59.4 Å². The van der Waals surface area contributed by atoms with Crippen molar-refractivity contribution in [2.24, 2.45) is 0 Å². The smallest absolute Gasteiger partial charge is 0.271 e. The van der Waals surface area contributed by atoms with Crippen LogP contribution in [0.2, 0.25) is 0 Å². The number of amides is 1. The summed E-state index contributed by atoms with van der Waals surface area (Å²) in [6, 6.07) is 9.29. The van der Waals surface area contributed by atoms with Gasteiger partial charge in [0, 0.05) is 19.3 Å². The highest BCUT2D eigenvalue weighted by atomic mass is 16.5. The first kappa shape index (κ1) is 16.5. The highest BCUT2D eigenvalue weighted by Crippen LogP contribution is 2.14. The summed E-state index contributed by atoms with van der Waals surface area (Å²) in [7, 11) is 1.63. The number of benzene rings is 1. The fourth-order valence-corrected chi connectivity index (χ4v) is 2.92. The van der Waals surface area contributed by atoms with Crippen molar-refractivity contribution in [2.75, 3.05) is 33.3 Å². The zero-order valence-electron chi connectivity index (χ0n) is 14.1. The van der Waals surface area contributed by atoms with Gasteiger partial charge in [0.05, 0.1) is 12.8 Å². The molecule has 6 nitrogen and oxygen atoms in total. The summed E-state index contributed by atoms with van der Waals surface area (Å²) in [6.07, 6.45) is 5.65. The highest BCUT2D eigenvalue weighted by molar-refractivity contribution is 5.92. The van der Waals surface area contributed by atoms with E-state index in [-0.39, 0.29) is 5.91 Å². The molecule has 0 unspecified atom stereocenters. The van der Waals surface area contributed by atoms with Gasteiger partial charge in [-0.15, -0.1) is 0 Å². The summed E-state index contributed by atoms with van der Waals surface area (Å²) in [5.74, 6) is 0.667. The van der Waals surface area contributed by atoms with E-state index in [1.165, 1.54) is 19.3 Å². The lowest BCUT2D eigenvalue weighted by Gasteiger charge is -2.26. The number of ether oxygens (including phenoxy) is 1. The molecule has 0 bridgehead atoms. The van der Waals surface area contributed by atoms with Gasteiger partial charge >= 0.3 is 0 Å². The first-order chi connectivity index (χ1) is 11.8. The highest BCUT2D eigenvalue weighted by Gasteiger charge is 2.12. The second kappa shape index (κ2) is 7.97. The van der Waals surface area contributed by atoms with Crippen LogP contribution in [-0.4, -0.2) is 53.9 Å². The van der Waals surface area contributed by atoms with Gasteiger partial charge in [-0.3, -0.25) is 4.79 Å². The largest absolute Gasteiger partial charge is 0.497 e. The normalized spacial score (nSPS) is 15.2. The van der Waals surface area contributed by atoms with E-state index in [1.54, 1.807) is 24.1 Å². The summed E-state index contributed by atoms with van der Waals surface area (Å²) in [5.41, 5.74) is 1.33. The fourth-order valence-electron chi connectivity index (χ4n) is 2.92. The maximum absolute atomic E-state index is 12.2. The van der Waals surface area contributed by atoms with Crippen molar-refractivity contribution in [1.82, 2.24) is 20.0 Å². The first-order valence-electron chi connectivity index (χ1n) is 8.47. The maximum Gasteiger partial charge on any atom is 0.271 e. The van der Waals surface area contributed by atoms with Crippen molar-refractivity contribution < 1.29 is 9.53 Å². The minimum atomic E-state index is -0.126. The van der Waals surface area contributed by atoms with E-state index in [2.05, 4.69) is 15.3 Å². The molecular weight excluding hydrogens is 304 g/mol. The summed E-state index contributed by atoms with van der Waals surface area (Å²) in [6.45, 7) is 3.85. The molecule has 1 aliphatic rings. The monoisotopic (exact) mass is 328 g/mol. The van der Waals surface area contributed by atoms with Gasteiger partial charge in [0.15, 0.2) is 5.69 Å². The Balaban J connectivity index is 1.53. The lowest BCUT2D eigenvalue weighted by molar-refractivity contribution is 0.0941. The van der Waals surface area contributed by atoms with Crippen LogP contribution in [0.15, 0.2) is 36.5 Å². The average Bonchev–Trinajstić information content (AvgIpc) is 3.13. The Morgan fingerprint density at radius 2 is 1.92 bits per heavy atom. The van der Waals surface area contributed by atoms with Crippen LogP contribution in [-0.2, 0) is 0 Å². The van der Waals surface area contributed by atoms with Crippen LogP contribution in [0.3, 0.4) is 0 Å². The Labute approximate surface area is 142 Å². The van der Waals surface area contributed by atoms with Crippen molar-refractivity contribution in [3.05, 3.63) is 42.2 Å². The van der Waals surface area contributed by atoms with E-state index in [0.29, 0.717) is 12.2 Å². The van der Waals surface area contributed by atoms with Crippen molar-refractivity contribution in [1.29, 1.82) is 0 Å². The predicted octanol–water partition coefficient (Wildman–Crippen LogP) is 2.10. The van der Waals surface area contributed by atoms with E-state index in [9.17, 15) is 4.79 Å². The lowest BCUT2D eigenvalue weighted by atomic mass is 10.1. The second-order valence-corrected chi connectivity index (χ2v) is 6.00. The van der Waals surface area contributed by atoms with Crippen LogP contribution in [0.4, 0.5) is 0 Å². The number of aromatic nitrogens is 2. The Kier molecular flexibility index (Phi) is 5.48. The molecule has 1 aromatic carbocycles. The van der Waals surface area contributed by atoms with Gasteiger partial charge < -0.3 is 15.0 Å². The van der Waals surface area contributed by atoms with E-state index in [1.807, 2.05) is 24.3 Å². The third-order valence-corrected chi connectivity index (χ3v) is 4.32. The number of likely N-dealkylation sites (tertiary alicyclic amines) is 1. The van der Waals surface area contributed by atoms with E-state index in [4.69, 9.17) is 4.74 Å². The molecule has 1 aliphatic heterocycles. The molecule has 0 atom stereocenters. The first-order valence-corrected chi connectivity index (χ1v) is 8.47. The number of methoxy groups -OCH3 is 1. The number of carbonyl (C=O) groups excluding carboxylic acids is 1. The molecule has 0 radical (unpaired) electrons. The Hall–Kier alpha value is -2.34. The molecule has 6 heteroatoms. The molecule has 24 heavy (non-hydrogen) atoms. The van der Waals surface area contributed by atoms with Crippen molar-refractivity contribution in [3.63, 3.8) is 0 Å². The molecule has 0 aliphatic carbocycles. The number of nitrogens with one attached hydrogen (secondary N) is 1. The lowest BCUT2D eigenvalue weighted by Crippen LogP contribution is -2.37. The van der Waals surface area contributed by atoms with Gasteiger partial charge in [-0.2, -0.15) is 5.10 Å². The van der Waals surface area contributed by atoms with Gasteiger partial charge in [-0.1, -0.05) is 6.42 Å². The number of piperidine rings is 1. The molecule has 128 valence electrons. The molecule has 1 amide bonds. The summed E-state index contributed by atoms with van der Waals surface area (Å²) in [4.78, 5) is 14.6. The van der Waals surface area contributed by atoms with Crippen LogP contribution in [0.5, 0.6) is 5.75 Å². The number of hydrogen-bond acceptors (Lipinski definition) is 4. The number of nitrogens with zero attached hydrogens (tertiary/aromatic N) is 3. The van der Waals surface area contributed by atoms with Crippen molar-refractivity contribution in [2.45, 2.75) is 19.3 Å². The standard InChI is InChI=1S/C18H24N4O2/c1-24-16-7-5-15(6-8-16)22-13-9-17(20-22)18(23)19-10-14-21-11-3-2-4-12-21/h5-9,13H,2-4,10-12,14H2,1H3,(H,19,23). The van der Waals surface area contributed by atoms with Gasteiger partial charge in [-0.25, -0.2) is 4.68 Å². The van der Waals surface area contributed by atoms with Crippen LogP contribution in [0.1, 0.15) is 29.8 Å². The zero-order valence-corrected chi connectivity index (χ0v) is 14.1. The van der Waals surface area contributed by atoms with Crippen LogP contribution in [0, 0.1) is 0 Å². The van der Waals surface area contributed by atoms with E-state index in [0.717, 1.165) is 31.1 Å². The third-order valence-electron chi connectivity index (χ3n) is 4.32. The van der Waals surface area contributed by atoms with Crippen LogP contribution in [0.25, 0.3) is 5.69 Å². The molecule has 2 aromatic rings. The fraction of sp³-hybridized carbons (Fsp3) is 0.444. The molecule has 1 aromatic heterocycles. The average molecular weight is 328 g/mol. The van der Waals surface area contributed by atoms with Gasteiger partial charge in [0.2, 0.25) is 0 Å². The minimum Gasteiger partial charge on any atom is -0.497 e. The Bertz CT molecular complexity index is 660. The quantitative estimate of drug-likeness (QED) is 0.882. The predicted molar refractivity (Wildman–Crippen MR) is 92.7 cm³/mol. The number of hydrogen-bond donors (Lipinski definition) is 1. The maximum atomic E-state index is 12.2. The molecule has 1 N–H and O–H groups in total. The molecule has 1 fully saturated rings. The Morgan fingerprint density at radius 1 is 1.17 bits per heavy atom. The summed E-state index contributed by atoms with van der Waals surface area (Å²) in [5, 5.41) is 7.30. The number of rotatable bonds is 6. The van der Waals surface area contributed by atoms with Crippen LogP contribution < -0.4 is 10.1 Å².